The molecule has 1 aliphatic rings. The quantitative estimate of drug-likeness (QED) is 0.390. The molecule has 0 bridgehead atoms. The molecule has 0 spiro atoms. The number of rotatable bonds is 7. The zero-order chi connectivity index (χ0) is 21.6. The number of esters is 1. The largest absolute Gasteiger partial charge is 0.497 e. The molecule has 0 atom stereocenters. The number of nitrogens with zero attached hydrogens (tertiary/aromatic N) is 2. The fourth-order valence-corrected chi connectivity index (χ4v) is 4.55. The molecular formula is C25H22N2O3S. The normalized spacial score (nSPS) is 12.1. The van der Waals surface area contributed by atoms with E-state index >= 15 is 0 Å². The fraction of sp³-hybridized carbons (Fsp3) is 0.240. The Morgan fingerprint density at radius 3 is 2.61 bits per heavy atom. The summed E-state index contributed by atoms with van der Waals surface area (Å²) in [5.74, 6) is 0.546. The second kappa shape index (κ2) is 9.67. The number of aromatic nitrogens is 1. The highest BCUT2D eigenvalue weighted by atomic mass is 32.2. The van der Waals surface area contributed by atoms with E-state index in [4.69, 9.17) is 14.5 Å². The van der Waals surface area contributed by atoms with Gasteiger partial charge in [-0.25, -0.2) is 4.98 Å². The summed E-state index contributed by atoms with van der Waals surface area (Å²) < 4.78 is 10.6. The third-order valence-corrected chi connectivity index (χ3v) is 6.20. The highest BCUT2D eigenvalue weighted by molar-refractivity contribution is 7.99. The van der Waals surface area contributed by atoms with Crippen LogP contribution in [0.15, 0.2) is 59.6 Å². The monoisotopic (exact) mass is 430 g/mol. The number of carbonyl (C=O) groups is 1. The van der Waals surface area contributed by atoms with Crippen molar-refractivity contribution < 1.29 is 14.3 Å². The molecule has 6 heteroatoms. The molecule has 0 fully saturated rings. The maximum absolute atomic E-state index is 12.3. The van der Waals surface area contributed by atoms with E-state index < -0.39 is 0 Å². The molecule has 156 valence electrons. The van der Waals surface area contributed by atoms with E-state index in [9.17, 15) is 10.1 Å². The second-order valence-corrected chi connectivity index (χ2v) is 8.19. The first-order valence-electron chi connectivity index (χ1n) is 10.1. The summed E-state index contributed by atoms with van der Waals surface area (Å²) in [5.41, 5.74) is 5.50. The molecule has 1 heterocycles. The lowest BCUT2D eigenvalue weighted by molar-refractivity contribution is -0.141. The number of fused-ring (bicyclic) bond motifs is 1. The van der Waals surface area contributed by atoms with Gasteiger partial charge in [0.25, 0.3) is 0 Å². The first-order valence-corrected chi connectivity index (χ1v) is 11.1. The summed E-state index contributed by atoms with van der Waals surface area (Å²) in [6, 6.07) is 19.6. The van der Waals surface area contributed by atoms with Gasteiger partial charge in [0.05, 0.1) is 18.4 Å². The topological polar surface area (TPSA) is 72.2 Å². The molecule has 0 unspecified atom stereocenters. The van der Waals surface area contributed by atoms with Crippen molar-refractivity contribution in [2.24, 2.45) is 0 Å². The Kier molecular flexibility index (Phi) is 6.54. The van der Waals surface area contributed by atoms with Gasteiger partial charge in [0, 0.05) is 11.3 Å². The SMILES string of the molecule is COc1ccc(-c2c(C#N)c(SCC(=O)OCc3ccccc3)nc3c2CCC3)cc1. The Balaban J connectivity index is 1.56. The van der Waals surface area contributed by atoms with E-state index in [1.807, 2.05) is 54.6 Å². The van der Waals surface area contributed by atoms with Gasteiger partial charge >= 0.3 is 5.97 Å². The van der Waals surface area contributed by atoms with Crippen LogP contribution in [0.1, 0.15) is 28.8 Å². The number of benzene rings is 2. The van der Waals surface area contributed by atoms with Gasteiger partial charge in [-0.1, -0.05) is 54.2 Å². The van der Waals surface area contributed by atoms with Crippen LogP contribution in [0.2, 0.25) is 0 Å². The zero-order valence-electron chi connectivity index (χ0n) is 17.3. The predicted octanol–water partition coefficient (Wildman–Crippen LogP) is 4.95. The van der Waals surface area contributed by atoms with Crippen LogP contribution in [0.5, 0.6) is 5.75 Å². The first-order chi connectivity index (χ1) is 15.2. The maximum atomic E-state index is 12.3. The highest BCUT2D eigenvalue weighted by Gasteiger charge is 2.24. The van der Waals surface area contributed by atoms with Gasteiger partial charge in [-0.05, 0) is 48.1 Å². The van der Waals surface area contributed by atoms with E-state index in [2.05, 4.69) is 6.07 Å². The number of carbonyl (C=O) groups excluding carboxylic acids is 1. The summed E-state index contributed by atoms with van der Waals surface area (Å²) in [7, 11) is 1.63. The van der Waals surface area contributed by atoms with Gasteiger partial charge < -0.3 is 9.47 Å². The molecule has 31 heavy (non-hydrogen) atoms. The van der Waals surface area contributed by atoms with Crippen molar-refractivity contribution >= 4 is 17.7 Å². The van der Waals surface area contributed by atoms with E-state index in [1.165, 1.54) is 11.8 Å². The smallest absolute Gasteiger partial charge is 0.316 e. The van der Waals surface area contributed by atoms with Crippen molar-refractivity contribution in [3.63, 3.8) is 0 Å². The summed E-state index contributed by atoms with van der Waals surface area (Å²) >= 11 is 1.26. The van der Waals surface area contributed by atoms with E-state index in [0.29, 0.717) is 10.6 Å². The third kappa shape index (κ3) is 4.73. The molecule has 1 aromatic heterocycles. The number of aryl methyl sites for hydroxylation is 1. The highest BCUT2D eigenvalue weighted by Crippen LogP contribution is 2.39. The van der Waals surface area contributed by atoms with Gasteiger partial charge in [0.1, 0.15) is 23.5 Å². The summed E-state index contributed by atoms with van der Waals surface area (Å²) in [4.78, 5) is 17.0. The summed E-state index contributed by atoms with van der Waals surface area (Å²) in [5, 5.41) is 10.6. The Bertz CT molecular complexity index is 1120. The van der Waals surface area contributed by atoms with E-state index in [1.54, 1.807) is 7.11 Å². The minimum atomic E-state index is -0.328. The van der Waals surface area contributed by atoms with Crippen molar-refractivity contribution in [1.29, 1.82) is 5.26 Å². The molecule has 0 amide bonds. The fourth-order valence-electron chi connectivity index (χ4n) is 3.75. The van der Waals surface area contributed by atoms with Crippen molar-refractivity contribution in [3.8, 4) is 22.9 Å². The minimum Gasteiger partial charge on any atom is -0.497 e. The minimum absolute atomic E-state index is 0.107. The molecule has 0 aliphatic heterocycles. The predicted molar refractivity (Wildman–Crippen MR) is 120 cm³/mol. The molecule has 4 rings (SSSR count). The van der Waals surface area contributed by atoms with E-state index in [-0.39, 0.29) is 18.3 Å². The lowest BCUT2D eigenvalue weighted by Gasteiger charge is -2.15. The van der Waals surface area contributed by atoms with Crippen LogP contribution in [-0.4, -0.2) is 23.8 Å². The zero-order valence-corrected chi connectivity index (χ0v) is 18.1. The number of hydrogen-bond acceptors (Lipinski definition) is 6. The van der Waals surface area contributed by atoms with Crippen molar-refractivity contribution in [2.45, 2.75) is 30.9 Å². The van der Waals surface area contributed by atoms with Crippen LogP contribution < -0.4 is 4.74 Å². The lowest BCUT2D eigenvalue weighted by Crippen LogP contribution is -2.08. The van der Waals surface area contributed by atoms with Crippen LogP contribution >= 0.6 is 11.8 Å². The van der Waals surface area contributed by atoms with Crippen LogP contribution in [0.4, 0.5) is 0 Å². The van der Waals surface area contributed by atoms with Gasteiger partial charge in [-0.2, -0.15) is 5.26 Å². The average Bonchev–Trinajstić information content (AvgIpc) is 3.29. The Labute approximate surface area is 186 Å². The average molecular weight is 431 g/mol. The lowest BCUT2D eigenvalue weighted by atomic mass is 9.95. The third-order valence-electron chi connectivity index (χ3n) is 5.25. The standard InChI is InChI=1S/C25H22N2O3S/c1-29-19-12-10-18(11-13-19)24-20-8-5-9-22(20)27-25(21(24)14-26)31-16-23(28)30-15-17-6-3-2-4-7-17/h2-4,6-7,10-13H,5,8-9,15-16H2,1H3. The maximum Gasteiger partial charge on any atom is 0.316 e. The van der Waals surface area contributed by atoms with Crippen molar-refractivity contribution in [3.05, 3.63) is 77.0 Å². The molecule has 5 nitrogen and oxygen atoms in total. The molecule has 3 aromatic rings. The molecule has 2 aromatic carbocycles. The Morgan fingerprint density at radius 1 is 1.13 bits per heavy atom. The second-order valence-electron chi connectivity index (χ2n) is 7.22. The number of methoxy groups -OCH3 is 1. The molecule has 0 saturated carbocycles. The van der Waals surface area contributed by atoms with Gasteiger partial charge in [0.2, 0.25) is 0 Å². The van der Waals surface area contributed by atoms with Crippen LogP contribution in [0.25, 0.3) is 11.1 Å². The molecule has 0 saturated heterocycles. The van der Waals surface area contributed by atoms with Crippen molar-refractivity contribution in [1.82, 2.24) is 4.98 Å². The van der Waals surface area contributed by atoms with Crippen molar-refractivity contribution in [2.75, 3.05) is 12.9 Å². The molecule has 0 N–H and O–H groups in total. The summed E-state index contributed by atoms with van der Waals surface area (Å²) in [6.45, 7) is 0.236. The Hall–Kier alpha value is -3.30. The van der Waals surface area contributed by atoms with Crippen LogP contribution in [0.3, 0.4) is 0 Å². The van der Waals surface area contributed by atoms with Gasteiger partial charge in [-0.3, -0.25) is 4.79 Å². The van der Waals surface area contributed by atoms with Gasteiger partial charge in [-0.15, -0.1) is 0 Å². The molecule has 1 aliphatic carbocycles. The number of ether oxygens (including phenoxy) is 2. The summed E-state index contributed by atoms with van der Waals surface area (Å²) in [6.07, 6.45) is 2.81. The number of hydrogen-bond donors (Lipinski definition) is 0. The number of pyridine rings is 1. The van der Waals surface area contributed by atoms with Crippen LogP contribution in [-0.2, 0) is 29.0 Å². The number of thioether (sulfide) groups is 1. The Morgan fingerprint density at radius 2 is 1.90 bits per heavy atom. The molecular weight excluding hydrogens is 408 g/mol. The molecule has 0 radical (unpaired) electrons. The van der Waals surface area contributed by atoms with E-state index in [0.717, 1.165) is 53.0 Å². The van der Waals surface area contributed by atoms with Gasteiger partial charge in [0.15, 0.2) is 0 Å². The van der Waals surface area contributed by atoms with Crippen LogP contribution in [0, 0.1) is 11.3 Å². The number of nitriles is 1. The first kappa shape index (κ1) is 21.0.